The minimum atomic E-state index is -0.590. The Hall–Kier alpha value is -5.17. The van der Waals surface area contributed by atoms with Gasteiger partial charge in [-0.25, -0.2) is 9.97 Å². The highest BCUT2D eigenvalue weighted by molar-refractivity contribution is 6.33. The van der Waals surface area contributed by atoms with Gasteiger partial charge < -0.3 is 20.0 Å². The molecule has 60 heavy (non-hydrogen) atoms. The van der Waals surface area contributed by atoms with E-state index < -0.39 is 6.04 Å². The fraction of sp³-hybridized carbons (Fsp3) is 0.447. The smallest absolute Gasteiger partial charge is 0.255 e. The molecule has 13 heteroatoms. The van der Waals surface area contributed by atoms with Gasteiger partial charge in [-0.3, -0.25) is 29.4 Å². The quantitative estimate of drug-likeness (QED) is 0.179. The maximum atomic E-state index is 13.8. The molecule has 0 bridgehead atoms. The van der Waals surface area contributed by atoms with E-state index in [0.717, 1.165) is 113 Å². The summed E-state index contributed by atoms with van der Waals surface area (Å²) < 4.78 is 0. The van der Waals surface area contributed by atoms with E-state index in [0.29, 0.717) is 41.1 Å². The van der Waals surface area contributed by atoms with Crippen molar-refractivity contribution in [1.29, 1.82) is 0 Å². The number of piperazine rings is 1. The molecular formula is C47H53ClN8O4. The number of carbonyl (C=O) groups is 4. The second-order valence-electron chi connectivity index (χ2n) is 17.1. The molecular weight excluding hydrogens is 776 g/mol. The van der Waals surface area contributed by atoms with Gasteiger partial charge in [-0.15, -0.1) is 0 Å². The highest BCUT2D eigenvalue weighted by atomic mass is 35.5. The number of imide groups is 1. The van der Waals surface area contributed by atoms with Crippen LogP contribution in [0.4, 0.5) is 5.95 Å². The number of likely N-dealkylation sites (tertiary alicyclic amines) is 1. The highest BCUT2D eigenvalue weighted by Gasteiger charge is 2.39. The third kappa shape index (κ3) is 8.82. The summed E-state index contributed by atoms with van der Waals surface area (Å²) in [5.41, 5.74) is 6.76. The molecule has 12 nitrogen and oxygen atoms in total. The van der Waals surface area contributed by atoms with Crippen LogP contribution in [0.3, 0.4) is 0 Å². The lowest BCUT2D eigenvalue weighted by Crippen LogP contribution is -2.52. The number of rotatable bonds is 10. The van der Waals surface area contributed by atoms with E-state index in [9.17, 15) is 19.2 Å². The first-order chi connectivity index (χ1) is 29.3. The molecule has 4 aromatic rings. The predicted octanol–water partition coefficient (Wildman–Crippen LogP) is 6.22. The van der Waals surface area contributed by atoms with Gasteiger partial charge >= 0.3 is 0 Å². The summed E-state index contributed by atoms with van der Waals surface area (Å²) in [6.45, 7) is 7.82. The van der Waals surface area contributed by atoms with Gasteiger partial charge in [0.05, 0.1) is 16.9 Å². The van der Waals surface area contributed by atoms with Crippen molar-refractivity contribution in [2.24, 2.45) is 5.92 Å². The van der Waals surface area contributed by atoms with Gasteiger partial charge in [0.25, 0.3) is 5.91 Å². The molecule has 4 fully saturated rings. The van der Waals surface area contributed by atoms with Crippen LogP contribution in [0.1, 0.15) is 78.8 Å². The second-order valence-corrected chi connectivity index (χ2v) is 17.5. The Morgan fingerprint density at radius 2 is 1.55 bits per heavy atom. The van der Waals surface area contributed by atoms with E-state index >= 15 is 0 Å². The zero-order valence-corrected chi connectivity index (χ0v) is 34.8. The zero-order valence-electron chi connectivity index (χ0n) is 34.0. The number of aromatic nitrogens is 2. The molecule has 1 saturated carbocycles. The molecule has 4 aliphatic heterocycles. The molecule has 3 saturated heterocycles. The van der Waals surface area contributed by atoms with Gasteiger partial charge in [0, 0.05) is 75.3 Å². The Morgan fingerprint density at radius 3 is 2.33 bits per heavy atom. The van der Waals surface area contributed by atoms with Crippen molar-refractivity contribution in [3.05, 3.63) is 101 Å². The summed E-state index contributed by atoms with van der Waals surface area (Å²) in [5, 5.41) is 6.43. The van der Waals surface area contributed by atoms with Gasteiger partial charge in [0.1, 0.15) is 6.04 Å². The van der Waals surface area contributed by atoms with E-state index in [4.69, 9.17) is 16.6 Å². The molecule has 1 aromatic heterocycles. The summed E-state index contributed by atoms with van der Waals surface area (Å²) >= 11 is 6.63. The molecule has 0 spiro atoms. The summed E-state index contributed by atoms with van der Waals surface area (Å²) in [6.07, 6.45) is 8.07. The van der Waals surface area contributed by atoms with E-state index in [-0.39, 0.29) is 42.0 Å². The summed E-state index contributed by atoms with van der Waals surface area (Å²) in [7, 11) is 0. The number of hydrogen-bond donors (Lipinski definition) is 2. The Morgan fingerprint density at radius 1 is 0.800 bits per heavy atom. The Kier molecular flexibility index (Phi) is 12.0. The van der Waals surface area contributed by atoms with Crippen LogP contribution in [0.2, 0.25) is 5.02 Å². The number of carbonyl (C=O) groups excluding carboxylic acids is 4. The number of piperidine rings is 2. The molecule has 9 rings (SSSR count). The first kappa shape index (κ1) is 40.2. The van der Waals surface area contributed by atoms with Crippen LogP contribution in [-0.4, -0.2) is 118 Å². The van der Waals surface area contributed by atoms with Crippen molar-refractivity contribution >= 4 is 41.2 Å². The lowest BCUT2D eigenvalue weighted by Gasteiger charge is -2.39. The summed E-state index contributed by atoms with van der Waals surface area (Å²) in [6, 6.07) is 24.2. The number of nitrogens with zero attached hydrogens (tertiary/aromatic N) is 6. The monoisotopic (exact) mass is 828 g/mol. The predicted molar refractivity (Wildman–Crippen MR) is 231 cm³/mol. The van der Waals surface area contributed by atoms with Crippen molar-refractivity contribution in [2.45, 2.75) is 75.9 Å². The summed E-state index contributed by atoms with van der Waals surface area (Å²) in [5.74, 6) is 0.479. The topological polar surface area (TPSA) is 131 Å². The van der Waals surface area contributed by atoms with Crippen LogP contribution in [0.15, 0.2) is 79.0 Å². The van der Waals surface area contributed by atoms with E-state index in [1.54, 1.807) is 11.1 Å². The van der Waals surface area contributed by atoms with Crippen LogP contribution in [-0.2, 0) is 20.9 Å². The molecule has 5 aliphatic rings. The minimum Gasteiger partial charge on any atom is -0.351 e. The van der Waals surface area contributed by atoms with Crippen molar-refractivity contribution in [2.75, 3.05) is 57.7 Å². The zero-order chi connectivity index (χ0) is 41.2. The number of anilines is 1. The minimum absolute atomic E-state index is 0.00569. The fourth-order valence-electron chi connectivity index (χ4n) is 9.91. The maximum Gasteiger partial charge on any atom is 0.255 e. The average molecular weight is 829 g/mol. The Labute approximate surface area is 356 Å². The number of hydrogen-bond acceptors (Lipinski definition) is 9. The largest absolute Gasteiger partial charge is 0.351 e. The average Bonchev–Trinajstić information content (AvgIpc) is 3.61. The van der Waals surface area contributed by atoms with Crippen LogP contribution in [0, 0.1) is 5.92 Å². The van der Waals surface area contributed by atoms with Crippen LogP contribution in [0.25, 0.3) is 22.4 Å². The molecule has 3 atom stereocenters. The van der Waals surface area contributed by atoms with Crippen molar-refractivity contribution in [3.63, 3.8) is 0 Å². The van der Waals surface area contributed by atoms with Gasteiger partial charge in [-0.05, 0) is 91.9 Å². The Balaban J connectivity index is 0.713. The molecule has 0 radical (unpaired) electrons. The Bertz CT molecular complexity index is 2240. The van der Waals surface area contributed by atoms with Gasteiger partial charge in [-0.1, -0.05) is 78.7 Å². The highest BCUT2D eigenvalue weighted by Crippen LogP contribution is 2.35. The first-order valence-electron chi connectivity index (χ1n) is 21.7. The van der Waals surface area contributed by atoms with Crippen LogP contribution >= 0.6 is 11.6 Å². The molecule has 1 aliphatic carbocycles. The molecule has 5 heterocycles. The fourth-order valence-corrected chi connectivity index (χ4v) is 10.1. The normalized spacial score (nSPS) is 23.1. The van der Waals surface area contributed by atoms with Crippen LogP contribution < -0.4 is 10.6 Å². The van der Waals surface area contributed by atoms with Gasteiger partial charge in [0.2, 0.25) is 23.7 Å². The SMILES string of the molecule is O=C1CCC(N2Cc3cc(C4CCN(CCN5CCN(C(=O)[C@H]6CCC[C@@H](Nc7ncc(Cl)c(-c8cccc(-c9ccccc9)c8)n7)C6)CC5)CC4)ccc3C2=O)C(=O)N1. The lowest BCUT2D eigenvalue weighted by molar-refractivity contribution is -0.139. The summed E-state index contributed by atoms with van der Waals surface area (Å²) in [4.78, 5) is 69.2. The number of benzene rings is 3. The van der Waals surface area contributed by atoms with Crippen LogP contribution in [0.5, 0.6) is 0 Å². The van der Waals surface area contributed by atoms with Crippen molar-refractivity contribution < 1.29 is 19.2 Å². The third-order valence-corrected chi connectivity index (χ3v) is 13.6. The molecule has 312 valence electrons. The number of nitrogens with one attached hydrogen (secondary N) is 2. The second kappa shape index (κ2) is 17.8. The van der Waals surface area contributed by atoms with E-state index in [1.807, 2.05) is 36.4 Å². The van der Waals surface area contributed by atoms with Gasteiger partial charge in [-0.2, -0.15) is 0 Å². The number of fused-ring (bicyclic) bond motifs is 1. The van der Waals surface area contributed by atoms with E-state index in [2.05, 4.69) is 66.7 Å². The maximum absolute atomic E-state index is 13.8. The number of amides is 4. The van der Waals surface area contributed by atoms with E-state index in [1.165, 1.54) is 5.56 Å². The van der Waals surface area contributed by atoms with Gasteiger partial charge in [0.15, 0.2) is 0 Å². The standard InChI is InChI=1S/C47H53ClN8O4/c48-40-29-49-47(52-43(40)35-9-4-8-33(26-35)31-6-2-1-3-7-31)50-38-11-5-10-36(28-38)45(59)55-24-22-54(23-25-55)21-20-53-18-16-32(17-19-53)34-12-13-39-37(27-34)30-56(46(39)60)41-14-15-42(57)51-44(41)58/h1-4,6-9,12-13,26-27,29,32,36,38,41H,5,10-11,14-25,28,30H2,(H,49,50,52)(H,51,57,58)/t36-,38+,41?/m0/s1. The molecule has 1 unspecified atom stereocenters. The molecule has 3 aromatic carbocycles. The third-order valence-electron chi connectivity index (χ3n) is 13.4. The first-order valence-corrected chi connectivity index (χ1v) is 22.1. The lowest BCUT2D eigenvalue weighted by atomic mass is 9.84. The van der Waals surface area contributed by atoms with Crippen molar-refractivity contribution in [3.8, 4) is 22.4 Å². The number of halogens is 1. The molecule has 4 amide bonds. The van der Waals surface area contributed by atoms with Crippen molar-refractivity contribution in [1.82, 2.24) is 34.9 Å². The molecule has 2 N–H and O–H groups in total.